The SMILES string of the molecule is CCCNC(=O)c1oncc1C. The van der Waals surface area contributed by atoms with E-state index in [9.17, 15) is 4.79 Å². The number of hydrogen-bond acceptors (Lipinski definition) is 3. The Balaban J connectivity index is 2.59. The summed E-state index contributed by atoms with van der Waals surface area (Å²) < 4.78 is 4.76. The van der Waals surface area contributed by atoms with E-state index in [1.165, 1.54) is 6.20 Å². The van der Waals surface area contributed by atoms with E-state index in [4.69, 9.17) is 4.52 Å². The van der Waals surface area contributed by atoms with Gasteiger partial charge in [-0.25, -0.2) is 0 Å². The maximum absolute atomic E-state index is 11.2. The molecule has 0 radical (unpaired) electrons. The van der Waals surface area contributed by atoms with Gasteiger partial charge in [-0.3, -0.25) is 4.79 Å². The molecule has 1 rings (SSSR count). The van der Waals surface area contributed by atoms with E-state index >= 15 is 0 Å². The molecule has 12 heavy (non-hydrogen) atoms. The highest BCUT2D eigenvalue weighted by atomic mass is 16.5. The van der Waals surface area contributed by atoms with Gasteiger partial charge >= 0.3 is 0 Å². The minimum Gasteiger partial charge on any atom is -0.351 e. The third-order valence-corrected chi connectivity index (χ3v) is 1.49. The molecule has 4 nitrogen and oxygen atoms in total. The molecule has 0 fully saturated rings. The van der Waals surface area contributed by atoms with Crippen molar-refractivity contribution in [3.8, 4) is 0 Å². The lowest BCUT2D eigenvalue weighted by atomic mass is 10.3. The fourth-order valence-corrected chi connectivity index (χ4v) is 0.828. The Morgan fingerprint density at radius 3 is 3.00 bits per heavy atom. The summed E-state index contributed by atoms with van der Waals surface area (Å²) in [7, 11) is 0. The van der Waals surface area contributed by atoms with Crippen molar-refractivity contribution >= 4 is 5.91 Å². The topological polar surface area (TPSA) is 55.1 Å². The van der Waals surface area contributed by atoms with Gasteiger partial charge in [0.05, 0.1) is 6.20 Å². The number of rotatable bonds is 3. The Bertz CT molecular complexity index is 268. The number of aryl methyl sites for hydroxylation is 1. The van der Waals surface area contributed by atoms with Crippen molar-refractivity contribution < 1.29 is 9.32 Å². The van der Waals surface area contributed by atoms with E-state index < -0.39 is 0 Å². The lowest BCUT2D eigenvalue weighted by Crippen LogP contribution is -2.24. The highest BCUT2D eigenvalue weighted by Crippen LogP contribution is 2.04. The van der Waals surface area contributed by atoms with Crippen LogP contribution in [0.3, 0.4) is 0 Å². The van der Waals surface area contributed by atoms with Crippen LogP contribution in [0.4, 0.5) is 0 Å². The number of aromatic nitrogens is 1. The second-order valence-corrected chi connectivity index (χ2v) is 2.59. The first-order chi connectivity index (χ1) is 5.75. The molecule has 0 saturated carbocycles. The predicted octanol–water partition coefficient (Wildman–Crippen LogP) is 1.12. The van der Waals surface area contributed by atoms with Crippen LogP contribution >= 0.6 is 0 Å². The van der Waals surface area contributed by atoms with Gasteiger partial charge in [0.1, 0.15) is 0 Å². The van der Waals surface area contributed by atoms with E-state index in [2.05, 4.69) is 10.5 Å². The third kappa shape index (κ3) is 1.84. The van der Waals surface area contributed by atoms with E-state index in [1.54, 1.807) is 6.92 Å². The highest BCUT2D eigenvalue weighted by Gasteiger charge is 2.12. The molecule has 0 aliphatic heterocycles. The molecule has 0 saturated heterocycles. The molecular weight excluding hydrogens is 156 g/mol. The summed E-state index contributed by atoms with van der Waals surface area (Å²) in [6.07, 6.45) is 2.44. The van der Waals surface area contributed by atoms with Crippen molar-refractivity contribution in [2.24, 2.45) is 0 Å². The van der Waals surface area contributed by atoms with Gasteiger partial charge < -0.3 is 9.84 Å². The monoisotopic (exact) mass is 168 g/mol. The summed E-state index contributed by atoms with van der Waals surface area (Å²) in [5.74, 6) is 0.121. The van der Waals surface area contributed by atoms with Gasteiger partial charge in [0.2, 0.25) is 5.76 Å². The molecule has 1 amide bonds. The Morgan fingerprint density at radius 2 is 2.50 bits per heavy atom. The summed E-state index contributed by atoms with van der Waals surface area (Å²) in [5.41, 5.74) is 0.767. The van der Waals surface area contributed by atoms with Crippen molar-refractivity contribution in [1.82, 2.24) is 10.5 Å². The molecule has 1 aromatic heterocycles. The van der Waals surface area contributed by atoms with Crippen LogP contribution in [0.2, 0.25) is 0 Å². The Kier molecular flexibility index (Phi) is 2.85. The maximum Gasteiger partial charge on any atom is 0.290 e. The molecule has 0 unspecified atom stereocenters. The molecule has 0 spiro atoms. The zero-order valence-corrected chi connectivity index (χ0v) is 7.26. The van der Waals surface area contributed by atoms with E-state index in [0.29, 0.717) is 12.3 Å². The number of hydrogen-bond donors (Lipinski definition) is 1. The van der Waals surface area contributed by atoms with Gasteiger partial charge in [0.25, 0.3) is 5.91 Å². The first kappa shape index (κ1) is 8.77. The van der Waals surface area contributed by atoms with Crippen LogP contribution in [0.1, 0.15) is 29.5 Å². The zero-order valence-electron chi connectivity index (χ0n) is 7.26. The third-order valence-electron chi connectivity index (χ3n) is 1.49. The fourth-order valence-electron chi connectivity index (χ4n) is 0.828. The summed E-state index contributed by atoms with van der Waals surface area (Å²) in [5, 5.41) is 6.22. The van der Waals surface area contributed by atoms with Crippen LogP contribution < -0.4 is 5.32 Å². The summed E-state index contributed by atoms with van der Waals surface area (Å²) in [6, 6.07) is 0. The molecule has 0 bridgehead atoms. The molecular formula is C8H12N2O2. The minimum atomic E-state index is -0.188. The zero-order chi connectivity index (χ0) is 8.97. The van der Waals surface area contributed by atoms with Crippen LogP contribution in [0.25, 0.3) is 0 Å². The molecule has 0 aliphatic carbocycles. The number of carbonyl (C=O) groups is 1. The highest BCUT2D eigenvalue weighted by molar-refractivity contribution is 5.92. The summed E-state index contributed by atoms with van der Waals surface area (Å²) in [6.45, 7) is 4.45. The smallest absolute Gasteiger partial charge is 0.290 e. The van der Waals surface area contributed by atoms with E-state index in [-0.39, 0.29) is 5.91 Å². The molecule has 1 N–H and O–H groups in total. The van der Waals surface area contributed by atoms with Crippen molar-refractivity contribution in [3.63, 3.8) is 0 Å². The van der Waals surface area contributed by atoms with Gasteiger partial charge in [0, 0.05) is 12.1 Å². The Labute approximate surface area is 70.9 Å². The number of carbonyl (C=O) groups excluding carboxylic acids is 1. The van der Waals surface area contributed by atoms with Gasteiger partial charge in [-0.15, -0.1) is 0 Å². The molecule has 4 heteroatoms. The standard InChI is InChI=1S/C8H12N2O2/c1-3-4-9-8(11)7-6(2)5-10-12-7/h5H,3-4H2,1-2H3,(H,9,11). The van der Waals surface area contributed by atoms with Gasteiger partial charge in [-0.2, -0.15) is 0 Å². The summed E-state index contributed by atoms with van der Waals surface area (Å²) in [4.78, 5) is 11.2. The number of amides is 1. The van der Waals surface area contributed by atoms with Crippen molar-refractivity contribution in [1.29, 1.82) is 0 Å². The molecule has 66 valence electrons. The van der Waals surface area contributed by atoms with Crippen LogP contribution in [0.5, 0.6) is 0 Å². The van der Waals surface area contributed by atoms with Crippen LogP contribution in [0, 0.1) is 6.92 Å². The largest absolute Gasteiger partial charge is 0.351 e. The molecule has 0 atom stereocenters. The molecule has 0 aromatic carbocycles. The fraction of sp³-hybridized carbons (Fsp3) is 0.500. The Hall–Kier alpha value is -1.32. The normalized spacial score (nSPS) is 9.83. The average molecular weight is 168 g/mol. The van der Waals surface area contributed by atoms with Crippen molar-refractivity contribution in [2.45, 2.75) is 20.3 Å². The minimum absolute atomic E-state index is 0.188. The number of nitrogens with one attached hydrogen (secondary N) is 1. The predicted molar refractivity (Wildman–Crippen MR) is 43.9 cm³/mol. The molecule has 0 aliphatic rings. The maximum atomic E-state index is 11.2. The first-order valence-electron chi connectivity index (χ1n) is 3.95. The molecule has 1 heterocycles. The van der Waals surface area contributed by atoms with Crippen LogP contribution in [-0.2, 0) is 0 Å². The first-order valence-corrected chi connectivity index (χ1v) is 3.95. The van der Waals surface area contributed by atoms with Crippen molar-refractivity contribution in [3.05, 3.63) is 17.5 Å². The lowest BCUT2D eigenvalue weighted by molar-refractivity contribution is 0.0916. The second-order valence-electron chi connectivity index (χ2n) is 2.59. The lowest BCUT2D eigenvalue weighted by Gasteiger charge is -1.98. The van der Waals surface area contributed by atoms with Crippen LogP contribution in [0.15, 0.2) is 10.7 Å². The number of nitrogens with zero attached hydrogens (tertiary/aromatic N) is 1. The van der Waals surface area contributed by atoms with Crippen LogP contribution in [-0.4, -0.2) is 17.6 Å². The Morgan fingerprint density at radius 1 is 1.75 bits per heavy atom. The average Bonchev–Trinajstić information content (AvgIpc) is 2.47. The quantitative estimate of drug-likeness (QED) is 0.735. The van der Waals surface area contributed by atoms with Gasteiger partial charge in [-0.1, -0.05) is 12.1 Å². The van der Waals surface area contributed by atoms with E-state index in [1.807, 2.05) is 6.92 Å². The van der Waals surface area contributed by atoms with Crippen molar-refractivity contribution in [2.75, 3.05) is 6.54 Å². The molecule has 1 aromatic rings. The van der Waals surface area contributed by atoms with E-state index in [0.717, 1.165) is 12.0 Å². The second kappa shape index (κ2) is 3.90. The van der Waals surface area contributed by atoms with Gasteiger partial charge in [-0.05, 0) is 13.3 Å². The summed E-state index contributed by atoms with van der Waals surface area (Å²) >= 11 is 0. The van der Waals surface area contributed by atoms with Gasteiger partial charge in [0.15, 0.2) is 0 Å².